The second-order valence-corrected chi connectivity index (χ2v) is 4.68. The molecule has 0 amide bonds. The fourth-order valence-corrected chi connectivity index (χ4v) is 2.78. The van der Waals surface area contributed by atoms with Crippen molar-refractivity contribution in [3.05, 3.63) is 0 Å². The first-order chi connectivity index (χ1) is 5.98. The average molecular weight is 184 g/mol. The topological polar surface area (TPSA) is 57.5 Å². The number of hydrogen-bond acceptors (Lipinski definition) is 3. The Morgan fingerprint density at radius 1 is 1.46 bits per heavy atom. The summed E-state index contributed by atoms with van der Waals surface area (Å²) in [6.45, 7) is 1.84. The lowest BCUT2D eigenvalue weighted by Gasteiger charge is -2.44. The van der Waals surface area contributed by atoms with Gasteiger partial charge < -0.3 is 10.2 Å². The fraction of sp³-hybridized carbons (Fsp3) is 0.900. The van der Waals surface area contributed by atoms with E-state index >= 15 is 0 Å². The van der Waals surface area contributed by atoms with E-state index in [2.05, 4.69) is 0 Å². The van der Waals surface area contributed by atoms with E-state index in [1.165, 1.54) is 0 Å². The summed E-state index contributed by atoms with van der Waals surface area (Å²) in [6, 6.07) is 0. The van der Waals surface area contributed by atoms with Gasteiger partial charge in [0, 0.05) is 12.8 Å². The number of carbonyl (C=O) groups is 1. The first-order valence-corrected chi connectivity index (χ1v) is 4.92. The first-order valence-electron chi connectivity index (χ1n) is 4.92. The Hall–Kier alpha value is -0.410. The largest absolute Gasteiger partial charge is 0.393 e. The number of aliphatic hydroxyl groups excluding tert-OH is 1. The Labute approximate surface area is 77.8 Å². The van der Waals surface area contributed by atoms with Crippen molar-refractivity contribution in [3.63, 3.8) is 0 Å². The normalized spacial score (nSPS) is 50.7. The lowest BCUT2D eigenvalue weighted by molar-refractivity contribution is -0.148. The highest BCUT2D eigenvalue weighted by molar-refractivity contribution is 5.88. The number of ketones is 1. The van der Waals surface area contributed by atoms with Crippen molar-refractivity contribution >= 4 is 5.78 Å². The SMILES string of the molecule is C[C@]12CC[C@@H](O)C[C@@]1(O)CCC2=O. The molecule has 0 radical (unpaired) electrons. The first kappa shape index (κ1) is 9.16. The van der Waals surface area contributed by atoms with Crippen LogP contribution in [0.3, 0.4) is 0 Å². The van der Waals surface area contributed by atoms with Gasteiger partial charge in [-0.3, -0.25) is 4.79 Å². The zero-order chi connectivity index (χ0) is 9.69. The maximum atomic E-state index is 11.6. The van der Waals surface area contributed by atoms with Crippen LogP contribution in [0.2, 0.25) is 0 Å². The molecule has 0 bridgehead atoms. The van der Waals surface area contributed by atoms with Gasteiger partial charge >= 0.3 is 0 Å². The summed E-state index contributed by atoms with van der Waals surface area (Å²) < 4.78 is 0. The summed E-state index contributed by atoms with van der Waals surface area (Å²) in [6.07, 6.45) is 2.21. The Kier molecular flexibility index (Phi) is 1.79. The van der Waals surface area contributed by atoms with Gasteiger partial charge in [0.25, 0.3) is 0 Å². The Morgan fingerprint density at radius 3 is 2.85 bits per heavy atom. The van der Waals surface area contributed by atoms with Gasteiger partial charge in [0.05, 0.1) is 17.1 Å². The summed E-state index contributed by atoms with van der Waals surface area (Å²) in [5.74, 6) is 0.168. The minimum Gasteiger partial charge on any atom is -0.393 e. The van der Waals surface area contributed by atoms with Crippen LogP contribution in [-0.2, 0) is 4.79 Å². The number of Topliss-reactive ketones (excluding diaryl/α,β-unsaturated/α-hetero) is 1. The molecule has 2 N–H and O–H groups in total. The van der Waals surface area contributed by atoms with E-state index in [9.17, 15) is 15.0 Å². The van der Waals surface area contributed by atoms with Crippen molar-refractivity contribution in [2.45, 2.75) is 50.7 Å². The summed E-state index contributed by atoms with van der Waals surface area (Å²) >= 11 is 0. The standard InChI is InChI=1S/C10H16O3/c1-9-4-2-7(11)6-10(9,13)5-3-8(9)12/h7,11,13H,2-6H2,1H3/t7-,9-,10+/m1/s1. The van der Waals surface area contributed by atoms with E-state index in [-0.39, 0.29) is 5.78 Å². The summed E-state index contributed by atoms with van der Waals surface area (Å²) in [7, 11) is 0. The number of aliphatic hydroxyl groups is 2. The lowest BCUT2D eigenvalue weighted by Crippen LogP contribution is -2.51. The molecule has 3 heteroatoms. The van der Waals surface area contributed by atoms with Crippen LogP contribution in [0.15, 0.2) is 0 Å². The fourth-order valence-electron chi connectivity index (χ4n) is 2.78. The predicted molar refractivity (Wildman–Crippen MR) is 47.2 cm³/mol. The molecule has 0 aromatic rings. The summed E-state index contributed by atoms with van der Waals surface area (Å²) in [5, 5.41) is 19.7. The minimum atomic E-state index is -0.929. The van der Waals surface area contributed by atoms with Crippen LogP contribution in [0.25, 0.3) is 0 Å². The monoisotopic (exact) mass is 184 g/mol. The molecule has 0 aromatic carbocycles. The highest BCUT2D eigenvalue weighted by Gasteiger charge is 2.58. The maximum absolute atomic E-state index is 11.6. The van der Waals surface area contributed by atoms with Crippen LogP contribution in [0, 0.1) is 5.41 Å². The molecule has 2 saturated carbocycles. The molecule has 2 fully saturated rings. The second kappa shape index (κ2) is 2.55. The molecule has 0 saturated heterocycles. The van der Waals surface area contributed by atoms with Crippen molar-refractivity contribution in [2.75, 3.05) is 0 Å². The number of rotatable bonds is 0. The van der Waals surface area contributed by atoms with Crippen molar-refractivity contribution in [1.29, 1.82) is 0 Å². The molecule has 3 nitrogen and oxygen atoms in total. The zero-order valence-corrected chi connectivity index (χ0v) is 7.92. The van der Waals surface area contributed by atoms with Gasteiger partial charge in [-0.1, -0.05) is 0 Å². The van der Waals surface area contributed by atoms with Crippen LogP contribution < -0.4 is 0 Å². The average Bonchev–Trinajstić information content (AvgIpc) is 2.28. The van der Waals surface area contributed by atoms with Gasteiger partial charge in [0.15, 0.2) is 0 Å². The van der Waals surface area contributed by atoms with Crippen LogP contribution in [0.5, 0.6) is 0 Å². The molecule has 13 heavy (non-hydrogen) atoms. The van der Waals surface area contributed by atoms with E-state index in [4.69, 9.17) is 0 Å². The third kappa shape index (κ3) is 1.07. The molecule has 2 rings (SSSR count). The third-order valence-corrected chi connectivity index (χ3v) is 3.96. The molecule has 0 aromatic heterocycles. The molecule has 0 spiro atoms. The molecule has 0 aliphatic heterocycles. The van der Waals surface area contributed by atoms with Crippen molar-refractivity contribution in [2.24, 2.45) is 5.41 Å². The van der Waals surface area contributed by atoms with E-state index in [0.29, 0.717) is 32.1 Å². The smallest absolute Gasteiger partial charge is 0.141 e. The number of carbonyl (C=O) groups excluding carboxylic acids is 1. The van der Waals surface area contributed by atoms with Crippen LogP contribution in [-0.4, -0.2) is 27.7 Å². The summed E-state index contributed by atoms with van der Waals surface area (Å²) in [4.78, 5) is 11.6. The zero-order valence-electron chi connectivity index (χ0n) is 7.92. The molecule has 0 unspecified atom stereocenters. The van der Waals surface area contributed by atoms with Gasteiger partial charge in [0.2, 0.25) is 0 Å². The number of hydrogen-bond donors (Lipinski definition) is 2. The molecule has 2 aliphatic carbocycles. The molecule has 2 aliphatic rings. The van der Waals surface area contributed by atoms with Gasteiger partial charge in [-0.25, -0.2) is 0 Å². The Morgan fingerprint density at radius 2 is 2.15 bits per heavy atom. The van der Waals surface area contributed by atoms with Crippen molar-refractivity contribution in [1.82, 2.24) is 0 Å². The molecule has 0 heterocycles. The number of fused-ring (bicyclic) bond motifs is 1. The quantitative estimate of drug-likeness (QED) is 0.580. The van der Waals surface area contributed by atoms with Crippen LogP contribution in [0.4, 0.5) is 0 Å². The maximum Gasteiger partial charge on any atom is 0.141 e. The predicted octanol–water partition coefficient (Wildman–Crippen LogP) is 0.632. The Balaban J connectivity index is 2.32. The molecule has 3 atom stereocenters. The van der Waals surface area contributed by atoms with Crippen molar-refractivity contribution < 1.29 is 15.0 Å². The second-order valence-electron chi connectivity index (χ2n) is 4.68. The van der Waals surface area contributed by atoms with Gasteiger partial charge in [0.1, 0.15) is 5.78 Å². The minimum absolute atomic E-state index is 0.168. The van der Waals surface area contributed by atoms with Crippen LogP contribution >= 0.6 is 0 Å². The molecule has 74 valence electrons. The highest BCUT2D eigenvalue weighted by Crippen LogP contribution is 2.52. The van der Waals surface area contributed by atoms with Gasteiger partial charge in [-0.05, 0) is 26.2 Å². The van der Waals surface area contributed by atoms with E-state index in [1.54, 1.807) is 0 Å². The van der Waals surface area contributed by atoms with E-state index in [0.717, 1.165) is 0 Å². The third-order valence-electron chi connectivity index (χ3n) is 3.96. The summed E-state index contributed by atoms with van der Waals surface area (Å²) in [5.41, 5.74) is -1.51. The lowest BCUT2D eigenvalue weighted by atomic mass is 9.65. The van der Waals surface area contributed by atoms with Gasteiger partial charge in [-0.15, -0.1) is 0 Å². The molecular weight excluding hydrogens is 168 g/mol. The van der Waals surface area contributed by atoms with Gasteiger partial charge in [-0.2, -0.15) is 0 Å². The van der Waals surface area contributed by atoms with E-state index in [1.807, 2.05) is 6.92 Å². The Bertz CT molecular complexity index is 251. The molecular formula is C10H16O3. The highest BCUT2D eigenvalue weighted by atomic mass is 16.3. The van der Waals surface area contributed by atoms with Crippen molar-refractivity contribution in [3.8, 4) is 0 Å². The van der Waals surface area contributed by atoms with Crippen LogP contribution in [0.1, 0.15) is 39.0 Å². The van der Waals surface area contributed by atoms with E-state index < -0.39 is 17.1 Å².